The van der Waals surface area contributed by atoms with Crippen LogP contribution >= 0.6 is 0 Å². The largest absolute Gasteiger partial charge is 0.462 e. The van der Waals surface area contributed by atoms with E-state index in [4.69, 9.17) is 4.74 Å². The van der Waals surface area contributed by atoms with E-state index in [0.717, 1.165) is 24.8 Å². The van der Waals surface area contributed by atoms with Crippen molar-refractivity contribution in [2.24, 2.45) is 0 Å². The van der Waals surface area contributed by atoms with Crippen molar-refractivity contribution in [1.29, 1.82) is 0 Å². The van der Waals surface area contributed by atoms with Crippen molar-refractivity contribution in [2.45, 2.75) is 37.1 Å². The standard InChI is InChI=1S/C20H23NO4S/c1-3-25-20(22)16-11-13-17(14-12-16)26(23,24)21(2)19-10-6-8-15-7-4-5-9-18(15)19/h4-5,7,9,11-14,19H,3,6,8,10H2,1-2H3/t19-/m1/s1. The Labute approximate surface area is 154 Å². The summed E-state index contributed by atoms with van der Waals surface area (Å²) in [6.45, 7) is 2.01. The van der Waals surface area contributed by atoms with Crippen molar-refractivity contribution in [1.82, 2.24) is 4.31 Å². The maximum absolute atomic E-state index is 13.1. The van der Waals surface area contributed by atoms with Gasteiger partial charge in [-0.15, -0.1) is 0 Å². The molecule has 2 aromatic carbocycles. The number of rotatable bonds is 5. The van der Waals surface area contributed by atoms with Crippen LogP contribution in [0.4, 0.5) is 0 Å². The number of carbonyl (C=O) groups is 1. The Kier molecular flexibility index (Phi) is 5.44. The van der Waals surface area contributed by atoms with Crippen molar-refractivity contribution < 1.29 is 17.9 Å². The van der Waals surface area contributed by atoms with Gasteiger partial charge in [0.1, 0.15) is 0 Å². The number of esters is 1. The topological polar surface area (TPSA) is 63.7 Å². The highest BCUT2D eigenvalue weighted by atomic mass is 32.2. The molecule has 1 atom stereocenters. The van der Waals surface area contributed by atoms with E-state index in [-0.39, 0.29) is 17.5 Å². The number of ether oxygens (including phenoxy) is 1. The Morgan fingerprint density at radius 1 is 1.15 bits per heavy atom. The van der Waals surface area contributed by atoms with Gasteiger partial charge < -0.3 is 4.74 Å². The Morgan fingerprint density at radius 2 is 1.85 bits per heavy atom. The van der Waals surface area contributed by atoms with Gasteiger partial charge in [-0.1, -0.05) is 24.3 Å². The Balaban J connectivity index is 1.88. The molecule has 1 aliphatic carbocycles. The highest BCUT2D eigenvalue weighted by Crippen LogP contribution is 2.36. The summed E-state index contributed by atoms with van der Waals surface area (Å²) in [6, 6.07) is 13.8. The number of fused-ring (bicyclic) bond motifs is 1. The van der Waals surface area contributed by atoms with Crippen LogP contribution in [0.2, 0.25) is 0 Å². The van der Waals surface area contributed by atoms with Crippen molar-refractivity contribution >= 4 is 16.0 Å². The third-order valence-electron chi connectivity index (χ3n) is 4.82. The summed E-state index contributed by atoms with van der Waals surface area (Å²) in [5, 5.41) is 0. The molecular formula is C20H23NO4S. The molecule has 0 unspecified atom stereocenters. The number of benzene rings is 2. The first-order valence-electron chi connectivity index (χ1n) is 8.78. The smallest absolute Gasteiger partial charge is 0.338 e. The summed E-state index contributed by atoms with van der Waals surface area (Å²) in [5.74, 6) is -0.453. The van der Waals surface area contributed by atoms with E-state index < -0.39 is 16.0 Å². The van der Waals surface area contributed by atoms with Gasteiger partial charge in [0.05, 0.1) is 17.1 Å². The number of nitrogens with zero attached hydrogens (tertiary/aromatic N) is 1. The second-order valence-electron chi connectivity index (χ2n) is 6.37. The van der Waals surface area contributed by atoms with Gasteiger partial charge in [0.15, 0.2) is 0 Å². The molecule has 0 heterocycles. The van der Waals surface area contributed by atoms with Gasteiger partial charge in [-0.3, -0.25) is 0 Å². The molecule has 0 fully saturated rings. The van der Waals surface area contributed by atoms with E-state index in [9.17, 15) is 13.2 Å². The average molecular weight is 373 g/mol. The summed E-state index contributed by atoms with van der Waals surface area (Å²) >= 11 is 0. The molecule has 26 heavy (non-hydrogen) atoms. The van der Waals surface area contributed by atoms with Crippen molar-refractivity contribution in [3.8, 4) is 0 Å². The molecule has 6 heteroatoms. The lowest BCUT2D eigenvalue weighted by Gasteiger charge is -2.32. The minimum absolute atomic E-state index is 0.172. The fourth-order valence-electron chi connectivity index (χ4n) is 3.42. The number of hydrogen-bond acceptors (Lipinski definition) is 4. The third-order valence-corrected chi connectivity index (χ3v) is 6.70. The Hall–Kier alpha value is -2.18. The molecule has 0 saturated carbocycles. The predicted octanol–water partition coefficient (Wildman–Crippen LogP) is 3.56. The molecule has 0 bridgehead atoms. The molecule has 138 valence electrons. The van der Waals surface area contributed by atoms with E-state index in [1.807, 2.05) is 18.2 Å². The summed E-state index contributed by atoms with van der Waals surface area (Å²) in [5.41, 5.74) is 2.63. The van der Waals surface area contributed by atoms with Gasteiger partial charge >= 0.3 is 5.97 Å². The van der Waals surface area contributed by atoms with E-state index in [2.05, 4.69) is 6.07 Å². The highest BCUT2D eigenvalue weighted by Gasteiger charge is 2.32. The summed E-state index contributed by atoms with van der Waals surface area (Å²) in [7, 11) is -2.03. The van der Waals surface area contributed by atoms with E-state index in [0.29, 0.717) is 5.56 Å². The molecule has 0 aliphatic heterocycles. The van der Waals surface area contributed by atoms with Crippen molar-refractivity contribution in [2.75, 3.05) is 13.7 Å². The maximum atomic E-state index is 13.1. The monoisotopic (exact) mass is 373 g/mol. The van der Waals surface area contributed by atoms with Crippen LogP contribution in [0.5, 0.6) is 0 Å². The zero-order valence-electron chi connectivity index (χ0n) is 15.0. The molecule has 0 radical (unpaired) electrons. The molecule has 0 N–H and O–H groups in total. The highest BCUT2D eigenvalue weighted by molar-refractivity contribution is 7.89. The zero-order valence-corrected chi connectivity index (χ0v) is 15.8. The first kappa shape index (κ1) is 18.6. The Morgan fingerprint density at radius 3 is 2.54 bits per heavy atom. The van der Waals surface area contributed by atoms with Gasteiger partial charge in [-0.2, -0.15) is 4.31 Å². The van der Waals surface area contributed by atoms with Crippen LogP contribution in [0.25, 0.3) is 0 Å². The zero-order chi connectivity index (χ0) is 18.7. The van der Waals surface area contributed by atoms with Crippen LogP contribution in [-0.2, 0) is 21.2 Å². The van der Waals surface area contributed by atoms with Gasteiger partial charge in [-0.25, -0.2) is 13.2 Å². The molecular weight excluding hydrogens is 350 g/mol. The van der Waals surface area contributed by atoms with E-state index in [1.54, 1.807) is 14.0 Å². The quantitative estimate of drug-likeness (QED) is 0.752. The first-order chi connectivity index (χ1) is 12.4. The molecule has 0 aromatic heterocycles. The maximum Gasteiger partial charge on any atom is 0.338 e. The average Bonchev–Trinajstić information content (AvgIpc) is 2.67. The first-order valence-corrected chi connectivity index (χ1v) is 10.2. The lowest BCUT2D eigenvalue weighted by molar-refractivity contribution is 0.0526. The molecule has 2 aromatic rings. The number of carbonyl (C=O) groups excluding carboxylic acids is 1. The minimum atomic E-state index is -3.65. The minimum Gasteiger partial charge on any atom is -0.462 e. The van der Waals surface area contributed by atoms with Crippen molar-refractivity contribution in [3.05, 3.63) is 65.2 Å². The van der Waals surface area contributed by atoms with Gasteiger partial charge in [-0.05, 0) is 61.6 Å². The van der Waals surface area contributed by atoms with Crippen LogP contribution in [0.1, 0.15) is 47.3 Å². The lowest BCUT2D eigenvalue weighted by Crippen LogP contribution is -2.33. The molecule has 0 saturated heterocycles. The third kappa shape index (κ3) is 3.52. The molecule has 1 aliphatic rings. The normalized spacial score (nSPS) is 17.0. The molecule has 5 nitrogen and oxygen atoms in total. The number of sulfonamides is 1. The van der Waals surface area contributed by atoms with Crippen LogP contribution in [0, 0.1) is 0 Å². The summed E-state index contributed by atoms with van der Waals surface area (Å²) < 4.78 is 32.5. The number of aryl methyl sites for hydroxylation is 1. The number of hydrogen-bond donors (Lipinski definition) is 0. The second-order valence-corrected chi connectivity index (χ2v) is 8.37. The SMILES string of the molecule is CCOC(=O)c1ccc(S(=O)(=O)N(C)[C@@H]2CCCc3ccccc32)cc1. The van der Waals surface area contributed by atoms with E-state index in [1.165, 1.54) is 34.1 Å². The van der Waals surface area contributed by atoms with Crippen LogP contribution in [-0.4, -0.2) is 32.3 Å². The molecule has 3 rings (SSSR count). The fraction of sp³-hybridized carbons (Fsp3) is 0.350. The Bertz CT molecular complexity index is 890. The fourth-order valence-corrected chi connectivity index (χ4v) is 4.78. The predicted molar refractivity (Wildman–Crippen MR) is 99.5 cm³/mol. The second kappa shape index (κ2) is 7.60. The van der Waals surface area contributed by atoms with Crippen LogP contribution in [0.3, 0.4) is 0 Å². The van der Waals surface area contributed by atoms with E-state index >= 15 is 0 Å². The molecule has 0 spiro atoms. The van der Waals surface area contributed by atoms with Crippen molar-refractivity contribution in [3.63, 3.8) is 0 Å². The van der Waals surface area contributed by atoms with Gasteiger partial charge in [0, 0.05) is 13.1 Å². The van der Waals surface area contributed by atoms with Gasteiger partial charge in [0.25, 0.3) is 0 Å². The van der Waals surface area contributed by atoms with Crippen LogP contribution < -0.4 is 0 Å². The van der Waals surface area contributed by atoms with Crippen LogP contribution in [0.15, 0.2) is 53.4 Å². The summed E-state index contributed by atoms with van der Waals surface area (Å²) in [4.78, 5) is 11.9. The van der Waals surface area contributed by atoms with Gasteiger partial charge in [0.2, 0.25) is 10.0 Å². The molecule has 0 amide bonds. The lowest BCUT2D eigenvalue weighted by atomic mass is 9.88. The summed E-state index contributed by atoms with van der Waals surface area (Å²) in [6.07, 6.45) is 2.74.